The number of H-pyrrole nitrogens is 2. The molecular formula is C23H18N4O3S. The number of fused-ring (bicyclic) bond motifs is 1. The third kappa shape index (κ3) is 3.93. The number of hydrogen-bond donors (Lipinski definition) is 2. The Labute approximate surface area is 182 Å². The fourth-order valence-electron chi connectivity index (χ4n) is 3.30. The van der Waals surface area contributed by atoms with E-state index in [4.69, 9.17) is 31.1 Å². The molecule has 0 aliphatic heterocycles. The molecule has 5 aromatic rings. The lowest BCUT2D eigenvalue weighted by molar-refractivity contribution is 0.284. The zero-order valence-corrected chi connectivity index (χ0v) is 17.4. The summed E-state index contributed by atoms with van der Waals surface area (Å²) in [6.07, 6.45) is 0. The van der Waals surface area contributed by atoms with Gasteiger partial charge in [0.05, 0.1) is 18.1 Å². The normalized spacial score (nSPS) is 11.0. The van der Waals surface area contributed by atoms with Crippen LogP contribution in [0.25, 0.3) is 33.9 Å². The largest absolute Gasteiger partial charge is 0.493 e. The van der Waals surface area contributed by atoms with Crippen LogP contribution in [0.3, 0.4) is 0 Å². The molecule has 0 aliphatic carbocycles. The van der Waals surface area contributed by atoms with Crippen molar-refractivity contribution in [1.29, 1.82) is 0 Å². The van der Waals surface area contributed by atoms with Gasteiger partial charge in [-0.25, -0.2) is 10.1 Å². The van der Waals surface area contributed by atoms with Gasteiger partial charge in [0.25, 0.3) is 4.84 Å². The van der Waals surface area contributed by atoms with Crippen LogP contribution in [0.2, 0.25) is 0 Å². The number of aromatic nitrogens is 4. The minimum atomic E-state index is 0.238. The predicted octanol–water partition coefficient (Wildman–Crippen LogP) is 5.53. The Morgan fingerprint density at radius 2 is 1.81 bits per heavy atom. The van der Waals surface area contributed by atoms with Gasteiger partial charge in [-0.05, 0) is 54.2 Å². The molecule has 0 aliphatic rings. The number of nitrogens with zero attached hydrogens (tertiary/aromatic N) is 2. The van der Waals surface area contributed by atoms with E-state index in [0.29, 0.717) is 24.0 Å². The number of nitrogens with one attached hydrogen (secondary N) is 2. The lowest BCUT2D eigenvalue weighted by Crippen LogP contribution is -1.97. The molecule has 7 nitrogen and oxygen atoms in total. The minimum absolute atomic E-state index is 0.238. The molecular weight excluding hydrogens is 412 g/mol. The van der Waals surface area contributed by atoms with Crippen molar-refractivity contribution in [3.8, 4) is 34.3 Å². The Balaban J connectivity index is 1.43. The molecule has 154 valence electrons. The molecule has 0 spiro atoms. The highest BCUT2D eigenvalue weighted by Crippen LogP contribution is 2.33. The van der Waals surface area contributed by atoms with Crippen LogP contribution in [-0.4, -0.2) is 27.3 Å². The summed E-state index contributed by atoms with van der Waals surface area (Å²) in [6, 6.07) is 21.5. The van der Waals surface area contributed by atoms with Crippen molar-refractivity contribution >= 4 is 23.3 Å². The first kappa shape index (κ1) is 19.1. The Hall–Kier alpha value is -3.91. The molecule has 3 aromatic carbocycles. The van der Waals surface area contributed by atoms with Crippen LogP contribution in [0.5, 0.6) is 11.5 Å². The van der Waals surface area contributed by atoms with E-state index in [0.717, 1.165) is 33.5 Å². The van der Waals surface area contributed by atoms with E-state index >= 15 is 0 Å². The number of methoxy groups -OCH3 is 1. The highest BCUT2D eigenvalue weighted by atomic mass is 32.1. The fourth-order valence-corrected chi connectivity index (χ4v) is 3.43. The van der Waals surface area contributed by atoms with Crippen molar-refractivity contribution in [2.24, 2.45) is 0 Å². The predicted molar refractivity (Wildman–Crippen MR) is 120 cm³/mol. The Morgan fingerprint density at radius 3 is 2.58 bits per heavy atom. The second kappa shape index (κ2) is 8.08. The van der Waals surface area contributed by atoms with Gasteiger partial charge in [-0.1, -0.05) is 30.3 Å². The van der Waals surface area contributed by atoms with E-state index < -0.39 is 0 Å². The number of aromatic amines is 2. The van der Waals surface area contributed by atoms with Crippen molar-refractivity contribution in [2.75, 3.05) is 7.11 Å². The van der Waals surface area contributed by atoms with Crippen LogP contribution in [0.4, 0.5) is 0 Å². The molecule has 2 heterocycles. The lowest BCUT2D eigenvalue weighted by atomic mass is 10.2. The lowest BCUT2D eigenvalue weighted by Gasteiger charge is -2.11. The van der Waals surface area contributed by atoms with Gasteiger partial charge in [0.2, 0.25) is 5.89 Å². The molecule has 0 saturated carbocycles. The van der Waals surface area contributed by atoms with Gasteiger partial charge in [0.1, 0.15) is 12.4 Å². The van der Waals surface area contributed by atoms with Crippen molar-refractivity contribution in [2.45, 2.75) is 6.61 Å². The van der Waals surface area contributed by atoms with Gasteiger partial charge < -0.3 is 18.9 Å². The van der Waals surface area contributed by atoms with Gasteiger partial charge in [0, 0.05) is 11.1 Å². The first-order valence-electron chi connectivity index (χ1n) is 9.60. The summed E-state index contributed by atoms with van der Waals surface area (Å²) in [4.78, 5) is 8.27. The van der Waals surface area contributed by atoms with E-state index in [2.05, 4.69) is 15.2 Å². The first-order chi connectivity index (χ1) is 15.2. The van der Waals surface area contributed by atoms with Crippen molar-refractivity contribution < 1.29 is 13.9 Å². The molecule has 5 rings (SSSR count). The topological polar surface area (TPSA) is 89.0 Å². The van der Waals surface area contributed by atoms with E-state index in [1.165, 1.54) is 0 Å². The smallest absolute Gasteiger partial charge is 0.284 e. The zero-order valence-electron chi connectivity index (χ0n) is 16.6. The molecule has 2 N–H and O–H groups in total. The fraction of sp³-hybridized carbons (Fsp3) is 0.0870. The summed E-state index contributed by atoms with van der Waals surface area (Å²) >= 11 is 4.95. The molecule has 0 radical (unpaired) electrons. The Bertz CT molecular complexity index is 1410. The van der Waals surface area contributed by atoms with Crippen molar-refractivity contribution in [3.05, 3.63) is 77.1 Å². The highest BCUT2D eigenvalue weighted by Gasteiger charge is 2.12. The third-order valence-corrected chi connectivity index (χ3v) is 5.02. The maximum absolute atomic E-state index is 5.95. The van der Waals surface area contributed by atoms with Crippen LogP contribution >= 0.6 is 12.2 Å². The number of hydrogen-bond acceptors (Lipinski definition) is 6. The molecule has 0 atom stereocenters. The molecule has 0 saturated heterocycles. The second-order valence-electron chi connectivity index (χ2n) is 6.88. The van der Waals surface area contributed by atoms with E-state index in [9.17, 15) is 0 Å². The number of rotatable bonds is 6. The average molecular weight is 430 g/mol. The quantitative estimate of drug-likeness (QED) is 0.344. The van der Waals surface area contributed by atoms with E-state index in [1.807, 2.05) is 66.7 Å². The van der Waals surface area contributed by atoms with Gasteiger partial charge in [0.15, 0.2) is 11.5 Å². The van der Waals surface area contributed by atoms with Gasteiger partial charge in [-0.3, -0.25) is 0 Å². The Kier molecular flexibility index (Phi) is 4.97. The van der Waals surface area contributed by atoms with Crippen LogP contribution in [0.1, 0.15) is 5.56 Å². The standard InChI is InChI=1S/C23H18N4O3S/c1-28-20-12-15(8-10-19(20)29-13-14-5-3-2-4-6-14)21-24-17-9-7-16(11-18(17)25-21)22-26-27-23(31)30-22/h2-12H,13H2,1H3,(H,24,25)(H,27,31). The summed E-state index contributed by atoms with van der Waals surface area (Å²) in [7, 11) is 1.63. The van der Waals surface area contributed by atoms with Crippen LogP contribution in [-0.2, 0) is 6.61 Å². The third-order valence-electron chi connectivity index (χ3n) is 4.84. The molecule has 0 bridgehead atoms. The van der Waals surface area contributed by atoms with E-state index in [-0.39, 0.29) is 4.84 Å². The number of benzene rings is 3. The van der Waals surface area contributed by atoms with Crippen LogP contribution in [0, 0.1) is 4.84 Å². The monoisotopic (exact) mass is 430 g/mol. The maximum atomic E-state index is 5.95. The van der Waals surface area contributed by atoms with Crippen molar-refractivity contribution in [3.63, 3.8) is 0 Å². The maximum Gasteiger partial charge on any atom is 0.284 e. The summed E-state index contributed by atoms with van der Waals surface area (Å²) in [5.41, 5.74) is 4.47. The summed E-state index contributed by atoms with van der Waals surface area (Å²) in [5, 5.41) is 6.70. The number of imidazole rings is 1. The molecule has 0 fully saturated rings. The van der Waals surface area contributed by atoms with Crippen molar-refractivity contribution in [1.82, 2.24) is 20.2 Å². The molecule has 8 heteroatoms. The first-order valence-corrected chi connectivity index (χ1v) is 10.0. The van der Waals surface area contributed by atoms with Crippen LogP contribution < -0.4 is 9.47 Å². The highest BCUT2D eigenvalue weighted by molar-refractivity contribution is 7.71. The van der Waals surface area contributed by atoms with Gasteiger partial charge >= 0.3 is 0 Å². The zero-order chi connectivity index (χ0) is 21.2. The molecule has 0 unspecified atom stereocenters. The van der Waals surface area contributed by atoms with Crippen LogP contribution in [0.15, 0.2) is 71.1 Å². The van der Waals surface area contributed by atoms with E-state index in [1.54, 1.807) is 7.11 Å². The SMILES string of the molecule is COc1cc(-c2nc3ccc(-c4n[nH]c(=S)o4)cc3[nH]2)ccc1OCc1ccccc1. The average Bonchev–Trinajstić information content (AvgIpc) is 3.44. The molecule has 31 heavy (non-hydrogen) atoms. The number of ether oxygens (including phenoxy) is 2. The summed E-state index contributed by atoms with van der Waals surface area (Å²) < 4.78 is 16.9. The Morgan fingerprint density at radius 1 is 0.968 bits per heavy atom. The molecule has 0 amide bonds. The summed E-state index contributed by atoms with van der Waals surface area (Å²) in [5.74, 6) is 2.48. The van der Waals surface area contributed by atoms with Gasteiger partial charge in [-0.15, -0.1) is 5.10 Å². The second-order valence-corrected chi connectivity index (χ2v) is 7.25. The minimum Gasteiger partial charge on any atom is -0.493 e. The van der Waals surface area contributed by atoms with Gasteiger partial charge in [-0.2, -0.15) is 0 Å². The summed E-state index contributed by atoms with van der Waals surface area (Å²) in [6.45, 7) is 0.466. The molecule has 2 aromatic heterocycles.